The van der Waals surface area contributed by atoms with E-state index in [1.54, 1.807) is 0 Å². The lowest BCUT2D eigenvalue weighted by Crippen LogP contribution is -2.23. The van der Waals surface area contributed by atoms with E-state index in [1.807, 2.05) is 0 Å². The van der Waals surface area contributed by atoms with Gasteiger partial charge in [-0.1, -0.05) is 25.5 Å². The fourth-order valence-corrected chi connectivity index (χ4v) is 2.86. The quantitative estimate of drug-likeness (QED) is 0.592. The maximum Gasteiger partial charge on any atom is -0.00376 e. The Bertz CT molecular complexity index is 185. The summed E-state index contributed by atoms with van der Waals surface area (Å²) in [7, 11) is 0. The molecule has 4 unspecified atom stereocenters. The van der Waals surface area contributed by atoms with E-state index in [0.717, 1.165) is 30.2 Å². The number of rotatable bonds is 1. The fourth-order valence-electron chi connectivity index (χ4n) is 2.86. The number of hydrogen-bond donors (Lipinski definition) is 1. The topological polar surface area (TPSA) is 26.0 Å². The van der Waals surface area contributed by atoms with Crippen molar-refractivity contribution in [3.05, 3.63) is 12.2 Å². The monoisotopic (exact) mass is 165 g/mol. The van der Waals surface area contributed by atoms with Crippen LogP contribution < -0.4 is 5.73 Å². The molecule has 0 aromatic rings. The Morgan fingerprint density at radius 3 is 2.75 bits per heavy atom. The Kier molecular flexibility index (Phi) is 2.22. The number of allylic oxidation sites excluding steroid dienone is 2. The van der Waals surface area contributed by atoms with Gasteiger partial charge in [0.05, 0.1) is 0 Å². The van der Waals surface area contributed by atoms with E-state index < -0.39 is 0 Å². The van der Waals surface area contributed by atoms with Crippen LogP contribution in [0.4, 0.5) is 0 Å². The van der Waals surface area contributed by atoms with Crippen LogP contribution in [-0.2, 0) is 0 Å². The van der Waals surface area contributed by atoms with Crippen LogP contribution in [0.15, 0.2) is 12.2 Å². The van der Waals surface area contributed by atoms with Crippen molar-refractivity contribution in [2.45, 2.75) is 26.2 Å². The molecule has 68 valence electrons. The van der Waals surface area contributed by atoms with Gasteiger partial charge in [-0.2, -0.15) is 0 Å². The van der Waals surface area contributed by atoms with Gasteiger partial charge in [-0.3, -0.25) is 0 Å². The first-order valence-corrected chi connectivity index (χ1v) is 5.19. The van der Waals surface area contributed by atoms with E-state index in [0.29, 0.717) is 0 Å². The normalized spacial score (nSPS) is 46.2. The first kappa shape index (κ1) is 8.31. The van der Waals surface area contributed by atoms with Crippen LogP contribution in [0.3, 0.4) is 0 Å². The third-order valence-electron chi connectivity index (χ3n) is 3.64. The van der Waals surface area contributed by atoms with Gasteiger partial charge in [-0.25, -0.2) is 0 Å². The molecule has 0 radical (unpaired) electrons. The second kappa shape index (κ2) is 3.21. The van der Waals surface area contributed by atoms with Crippen molar-refractivity contribution in [2.75, 3.05) is 6.54 Å². The maximum atomic E-state index is 5.80. The zero-order valence-corrected chi connectivity index (χ0v) is 7.87. The average Bonchev–Trinajstić information content (AvgIpc) is 2.34. The molecule has 2 bridgehead atoms. The van der Waals surface area contributed by atoms with Gasteiger partial charge in [-0.15, -0.1) is 0 Å². The highest BCUT2D eigenvalue weighted by Crippen LogP contribution is 2.41. The molecule has 0 saturated heterocycles. The van der Waals surface area contributed by atoms with Crippen LogP contribution in [0, 0.1) is 23.7 Å². The first-order chi connectivity index (χ1) is 5.81. The van der Waals surface area contributed by atoms with Crippen molar-refractivity contribution in [3.63, 3.8) is 0 Å². The van der Waals surface area contributed by atoms with Gasteiger partial charge in [0.2, 0.25) is 0 Å². The molecule has 0 spiro atoms. The highest BCUT2D eigenvalue weighted by atomic mass is 14.6. The van der Waals surface area contributed by atoms with Crippen LogP contribution in [0.1, 0.15) is 26.2 Å². The Morgan fingerprint density at radius 2 is 2.00 bits per heavy atom. The summed E-state index contributed by atoms with van der Waals surface area (Å²) in [4.78, 5) is 0. The third kappa shape index (κ3) is 1.31. The van der Waals surface area contributed by atoms with Gasteiger partial charge in [0, 0.05) is 0 Å². The van der Waals surface area contributed by atoms with Crippen molar-refractivity contribution in [1.29, 1.82) is 0 Å². The smallest absolute Gasteiger partial charge is 0.00376 e. The van der Waals surface area contributed by atoms with E-state index in [1.165, 1.54) is 19.3 Å². The number of hydrogen-bond acceptors (Lipinski definition) is 1. The highest BCUT2D eigenvalue weighted by molar-refractivity contribution is 5.08. The van der Waals surface area contributed by atoms with E-state index in [4.69, 9.17) is 5.73 Å². The lowest BCUT2D eigenvalue weighted by atomic mass is 9.87. The van der Waals surface area contributed by atoms with Gasteiger partial charge in [0.15, 0.2) is 0 Å². The Labute approximate surface area is 75.0 Å². The van der Waals surface area contributed by atoms with Gasteiger partial charge in [-0.05, 0) is 43.1 Å². The minimum atomic E-state index is 0.773. The molecule has 2 aliphatic rings. The molecule has 12 heavy (non-hydrogen) atoms. The van der Waals surface area contributed by atoms with Gasteiger partial charge in [0.25, 0.3) is 0 Å². The second-order valence-electron chi connectivity index (χ2n) is 4.53. The predicted octanol–water partition coefficient (Wildman–Crippen LogP) is 2.18. The first-order valence-electron chi connectivity index (χ1n) is 5.19. The molecule has 2 rings (SSSR count). The summed E-state index contributed by atoms with van der Waals surface area (Å²) in [6, 6.07) is 0. The van der Waals surface area contributed by atoms with Crippen molar-refractivity contribution < 1.29 is 0 Å². The minimum Gasteiger partial charge on any atom is -0.330 e. The van der Waals surface area contributed by atoms with Crippen molar-refractivity contribution in [1.82, 2.24) is 0 Å². The minimum absolute atomic E-state index is 0.773. The summed E-state index contributed by atoms with van der Waals surface area (Å²) in [6.45, 7) is 3.26. The number of nitrogens with two attached hydrogens (primary N) is 1. The zero-order valence-electron chi connectivity index (χ0n) is 7.87. The molecule has 1 heteroatoms. The Balaban J connectivity index is 2.12. The molecular formula is C11H19N. The van der Waals surface area contributed by atoms with Crippen LogP contribution in [0.2, 0.25) is 0 Å². The molecule has 0 amide bonds. The molecule has 0 aromatic carbocycles. The molecule has 2 N–H and O–H groups in total. The van der Waals surface area contributed by atoms with Crippen molar-refractivity contribution in [2.24, 2.45) is 29.4 Å². The SMILES string of the molecule is CC1CCC2C=CC(C1)C2CN. The Hall–Kier alpha value is -0.300. The van der Waals surface area contributed by atoms with Gasteiger partial charge < -0.3 is 5.73 Å². The van der Waals surface area contributed by atoms with E-state index in [-0.39, 0.29) is 0 Å². The summed E-state index contributed by atoms with van der Waals surface area (Å²) >= 11 is 0. The van der Waals surface area contributed by atoms with Crippen molar-refractivity contribution >= 4 is 0 Å². The van der Waals surface area contributed by atoms with E-state index in [9.17, 15) is 0 Å². The van der Waals surface area contributed by atoms with Gasteiger partial charge >= 0.3 is 0 Å². The molecule has 0 aliphatic heterocycles. The summed E-state index contributed by atoms with van der Waals surface area (Å²) in [6.07, 6.45) is 8.97. The Morgan fingerprint density at radius 1 is 1.25 bits per heavy atom. The molecule has 1 saturated carbocycles. The predicted molar refractivity (Wildman–Crippen MR) is 51.7 cm³/mol. The largest absolute Gasteiger partial charge is 0.330 e. The van der Waals surface area contributed by atoms with Crippen LogP contribution in [0.25, 0.3) is 0 Å². The van der Waals surface area contributed by atoms with Crippen LogP contribution in [0.5, 0.6) is 0 Å². The molecule has 2 aliphatic carbocycles. The summed E-state index contributed by atoms with van der Waals surface area (Å²) in [5, 5.41) is 0. The fraction of sp³-hybridized carbons (Fsp3) is 0.818. The maximum absolute atomic E-state index is 5.80. The molecule has 0 heterocycles. The van der Waals surface area contributed by atoms with Crippen LogP contribution >= 0.6 is 0 Å². The van der Waals surface area contributed by atoms with E-state index in [2.05, 4.69) is 19.1 Å². The molecule has 4 atom stereocenters. The molecule has 0 aromatic heterocycles. The highest BCUT2D eigenvalue weighted by Gasteiger charge is 2.33. The third-order valence-corrected chi connectivity index (χ3v) is 3.64. The lowest BCUT2D eigenvalue weighted by molar-refractivity contribution is 0.340. The van der Waals surface area contributed by atoms with Crippen LogP contribution in [-0.4, -0.2) is 6.54 Å². The number of fused-ring (bicyclic) bond motifs is 2. The van der Waals surface area contributed by atoms with E-state index >= 15 is 0 Å². The van der Waals surface area contributed by atoms with Crippen molar-refractivity contribution in [3.8, 4) is 0 Å². The van der Waals surface area contributed by atoms with Gasteiger partial charge in [0.1, 0.15) is 0 Å². The standard InChI is InChI=1S/C11H19N/c1-8-2-3-9-4-5-10(6-8)11(9)7-12/h4-5,8-11H,2-3,6-7,12H2,1H3. The average molecular weight is 165 g/mol. The molecular weight excluding hydrogens is 146 g/mol. The second-order valence-corrected chi connectivity index (χ2v) is 4.53. The molecule has 1 fully saturated rings. The lowest BCUT2D eigenvalue weighted by Gasteiger charge is -2.20. The zero-order chi connectivity index (χ0) is 8.55. The summed E-state index contributed by atoms with van der Waals surface area (Å²) in [5.74, 6) is 3.30. The summed E-state index contributed by atoms with van der Waals surface area (Å²) in [5.41, 5.74) is 5.80. The molecule has 1 nitrogen and oxygen atoms in total. The summed E-state index contributed by atoms with van der Waals surface area (Å²) < 4.78 is 0.